The van der Waals surface area contributed by atoms with Crippen LogP contribution in [0.1, 0.15) is 6.42 Å². The number of hydrogen-bond acceptors (Lipinski definition) is 2. The van der Waals surface area contributed by atoms with Crippen LogP contribution in [0.4, 0.5) is 0 Å². The van der Waals surface area contributed by atoms with Crippen molar-refractivity contribution < 1.29 is 0 Å². The molecule has 0 unspecified atom stereocenters. The Morgan fingerprint density at radius 3 is 3.00 bits per heavy atom. The highest BCUT2D eigenvalue weighted by molar-refractivity contribution is 5.92. The van der Waals surface area contributed by atoms with E-state index in [9.17, 15) is 0 Å². The first kappa shape index (κ1) is 5.22. The van der Waals surface area contributed by atoms with Crippen molar-refractivity contribution >= 4 is 12.1 Å². The van der Waals surface area contributed by atoms with Gasteiger partial charge in [0, 0.05) is 6.08 Å². The summed E-state index contributed by atoms with van der Waals surface area (Å²) in [6.07, 6.45) is 5.89. The Kier molecular flexibility index (Phi) is 1.57. The molecule has 0 bridgehead atoms. The summed E-state index contributed by atoms with van der Waals surface area (Å²) in [6.45, 7) is 3.63. The van der Waals surface area contributed by atoms with Crippen LogP contribution in [-0.4, -0.2) is 12.1 Å². The molecule has 0 amide bonds. The van der Waals surface area contributed by atoms with E-state index in [0.717, 1.165) is 5.84 Å². The highest BCUT2D eigenvalue weighted by atomic mass is 14.9. The second-order valence-corrected chi connectivity index (χ2v) is 1.42. The van der Waals surface area contributed by atoms with E-state index < -0.39 is 0 Å². The second kappa shape index (κ2) is 2.40. The summed E-state index contributed by atoms with van der Waals surface area (Å²) in [5.41, 5.74) is 0. The number of aliphatic imine (C=N–C) groups is 2. The molecule has 0 aromatic carbocycles. The minimum Gasteiger partial charge on any atom is -0.0502 e. The van der Waals surface area contributed by atoms with Crippen molar-refractivity contribution in [3.05, 3.63) is 19.2 Å². The van der Waals surface area contributed by atoms with E-state index in [0.29, 0.717) is 6.42 Å². The summed E-state index contributed by atoms with van der Waals surface area (Å²) in [4.78, 5) is 7.85. The monoisotopic (exact) mass is 107 g/mol. The summed E-state index contributed by atoms with van der Waals surface area (Å²) in [5.74, 6) is 0.799. The topological polar surface area (TPSA) is 26.5 Å². The molecule has 1 aliphatic rings. The van der Waals surface area contributed by atoms with E-state index in [1.807, 2.05) is 0 Å². The van der Waals surface area contributed by atoms with Gasteiger partial charge < -0.3 is 0 Å². The summed E-state index contributed by atoms with van der Waals surface area (Å²) < 4.78 is 0. The van der Waals surface area contributed by atoms with Crippen LogP contribution >= 0.6 is 0 Å². The molecular formula is C6H7N2+. The standard InChI is InChI=1S/C6H7N2/c1-2-6-7-4-3-5-8-6/h3-5H,1-2H2/q+1. The molecular weight excluding hydrogens is 100 g/mol. The highest BCUT2D eigenvalue weighted by Gasteiger charge is 2.03. The minimum absolute atomic E-state index is 0.668. The molecule has 0 aromatic heterocycles. The number of allylic oxidation sites excluding steroid dienone is 1. The first-order valence-corrected chi connectivity index (χ1v) is 2.48. The Morgan fingerprint density at radius 1 is 1.75 bits per heavy atom. The SMILES string of the molecule is [CH2]CC1=NC=CC=[N+]1. The third-order valence-electron chi connectivity index (χ3n) is 0.843. The maximum atomic E-state index is 3.92. The maximum absolute atomic E-state index is 3.92. The van der Waals surface area contributed by atoms with Crippen molar-refractivity contribution in [3.63, 3.8) is 0 Å². The van der Waals surface area contributed by atoms with Gasteiger partial charge in [0.1, 0.15) is 12.4 Å². The normalized spacial score (nSPS) is 16.4. The molecule has 0 aromatic rings. The van der Waals surface area contributed by atoms with Gasteiger partial charge in [-0.15, -0.1) is 0 Å². The second-order valence-electron chi connectivity index (χ2n) is 1.42. The number of rotatable bonds is 1. The van der Waals surface area contributed by atoms with E-state index in [1.54, 1.807) is 18.5 Å². The van der Waals surface area contributed by atoms with E-state index in [1.165, 1.54) is 0 Å². The molecule has 2 radical (unpaired) electrons. The van der Waals surface area contributed by atoms with Crippen LogP contribution in [0.15, 0.2) is 17.3 Å². The third kappa shape index (κ3) is 1.03. The summed E-state index contributed by atoms with van der Waals surface area (Å²) in [6, 6.07) is 0. The Morgan fingerprint density at radius 2 is 2.62 bits per heavy atom. The molecule has 0 N–H and O–H groups in total. The zero-order valence-corrected chi connectivity index (χ0v) is 4.54. The highest BCUT2D eigenvalue weighted by Crippen LogP contribution is 1.84. The molecule has 1 heterocycles. The fourth-order valence-corrected chi connectivity index (χ4v) is 0.459. The molecule has 0 spiro atoms. The van der Waals surface area contributed by atoms with Crippen molar-refractivity contribution in [2.24, 2.45) is 4.99 Å². The Labute approximate surface area is 48.7 Å². The van der Waals surface area contributed by atoms with E-state index in [2.05, 4.69) is 16.9 Å². The van der Waals surface area contributed by atoms with Gasteiger partial charge in [-0.2, -0.15) is 0 Å². The fourth-order valence-electron chi connectivity index (χ4n) is 0.459. The van der Waals surface area contributed by atoms with Crippen LogP contribution in [0.2, 0.25) is 0 Å². The van der Waals surface area contributed by atoms with Gasteiger partial charge in [-0.05, 0) is 6.92 Å². The van der Waals surface area contributed by atoms with Gasteiger partial charge >= 0.3 is 5.84 Å². The zero-order chi connectivity index (χ0) is 5.82. The molecule has 40 valence electrons. The summed E-state index contributed by atoms with van der Waals surface area (Å²) >= 11 is 0. The first-order chi connectivity index (χ1) is 3.93. The lowest BCUT2D eigenvalue weighted by molar-refractivity contribution is 1.28. The number of nitrogens with zero attached hydrogens (tertiary/aromatic N) is 2. The van der Waals surface area contributed by atoms with Crippen LogP contribution in [0, 0.1) is 6.92 Å². The molecule has 1 rings (SSSR count). The van der Waals surface area contributed by atoms with Crippen LogP contribution < -0.4 is 4.99 Å². The Bertz CT molecular complexity index is 154. The Balaban J connectivity index is 2.68. The largest absolute Gasteiger partial charge is 0.338 e. The molecule has 0 aliphatic carbocycles. The predicted molar refractivity (Wildman–Crippen MR) is 34.7 cm³/mol. The minimum atomic E-state index is 0.668. The van der Waals surface area contributed by atoms with Gasteiger partial charge in [-0.1, -0.05) is 9.98 Å². The molecule has 0 saturated heterocycles. The van der Waals surface area contributed by atoms with Crippen molar-refractivity contribution in [3.8, 4) is 0 Å². The molecule has 1 aliphatic heterocycles. The van der Waals surface area contributed by atoms with Gasteiger partial charge in [0.25, 0.3) is 0 Å². The molecule has 8 heavy (non-hydrogen) atoms. The van der Waals surface area contributed by atoms with Crippen LogP contribution in [0.5, 0.6) is 0 Å². The zero-order valence-electron chi connectivity index (χ0n) is 4.54. The fraction of sp³-hybridized carbons (Fsp3) is 0.167. The van der Waals surface area contributed by atoms with E-state index >= 15 is 0 Å². The van der Waals surface area contributed by atoms with Gasteiger partial charge in [-0.25, -0.2) is 0 Å². The van der Waals surface area contributed by atoms with Crippen molar-refractivity contribution in [2.45, 2.75) is 6.42 Å². The number of hydrogen-bond donors (Lipinski definition) is 0. The van der Waals surface area contributed by atoms with Gasteiger partial charge in [0.05, 0.1) is 6.42 Å². The maximum Gasteiger partial charge on any atom is 0.338 e. The lowest BCUT2D eigenvalue weighted by Gasteiger charge is -1.79. The van der Waals surface area contributed by atoms with Gasteiger partial charge in [-0.3, -0.25) is 0 Å². The molecule has 0 fully saturated rings. The average molecular weight is 107 g/mol. The van der Waals surface area contributed by atoms with Gasteiger partial charge in [0.2, 0.25) is 0 Å². The predicted octanol–water partition coefficient (Wildman–Crippen LogP) is 0.543. The van der Waals surface area contributed by atoms with Gasteiger partial charge in [0.15, 0.2) is 0 Å². The lowest BCUT2D eigenvalue weighted by atomic mass is 10.4. The lowest BCUT2D eigenvalue weighted by Crippen LogP contribution is -2.06. The summed E-state index contributed by atoms with van der Waals surface area (Å²) in [5, 5.41) is 0. The number of amidine groups is 1. The Hall–Kier alpha value is -0.920. The first-order valence-electron chi connectivity index (χ1n) is 2.48. The van der Waals surface area contributed by atoms with Crippen molar-refractivity contribution in [1.82, 2.24) is 4.99 Å². The molecule has 2 heteroatoms. The van der Waals surface area contributed by atoms with E-state index in [4.69, 9.17) is 0 Å². The van der Waals surface area contributed by atoms with Crippen LogP contribution in [0.25, 0.3) is 0 Å². The summed E-state index contributed by atoms with van der Waals surface area (Å²) in [7, 11) is 0. The van der Waals surface area contributed by atoms with Crippen molar-refractivity contribution in [2.75, 3.05) is 0 Å². The molecule has 2 nitrogen and oxygen atoms in total. The van der Waals surface area contributed by atoms with Crippen LogP contribution in [0.3, 0.4) is 0 Å². The van der Waals surface area contributed by atoms with E-state index in [-0.39, 0.29) is 0 Å². The molecule has 0 saturated carbocycles. The smallest absolute Gasteiger partial charge is 0.0502 e. The quantitative estimate of drug-likeness (QED) is 0.467. The molecule has 0 atom stereocenters. The average Bonchev–Trinajstić information content (AvgIpc) is 1.90. The van der Waals surface area contributed by atoms with Crippen molar-refractivity contribution in [1.29, 1.82) is 0 Å². The van der Waals surface area contributed by atoms with Crippen LogP contribution in [-0.2, 0) is 0 Å². The third-order valence-corrected chi connectivity index (χ3v) is 0.843.